The van der Waals surface area contributed by atoms with Crippen molar-refractivity contribution in [1.29, 1.82) is 0 Å². The standard InChI is InChI=1S/5C18H36O3.Al.Mg/c5*1-2-3-4-5-6-7-8-9-10-11-12-13-14-15-16-17-18(19)21-20;;/h5*20H,2-17H2,1H3;;/q;;;;;+3;+2/p-5. The molecule has 15 nitrogen and oxygen atoms in total. The average molecular weight is 1550 g/mol. The molecule has 0 rings (SSSR count). The van der Waals surface area contributed by atoms with Crippen LogP contribution in [0.25, 0.3) is 0 Å². The minimum absolute atomic E-state index is 0. The molecule has 0 aliphatic rings. The summed E-state index contributed by atoms with van der Waals surface area (Å²) < 4.78 is 0. The molecule has 0 aliphatic carbocycles. The van der Waals surface area contributed by atoms with Gasteiger partial charge in [0.15, 0.2) is 0 Å². The smallest absolute Gasteiger partial charge is 0.662 e. The average Bonchev–Trinajstić information content (AvgIpc) is 3.87. The zero-order valence-electron chi connectivity index (χ0n) is 71.5. The van der Waals surface area contributed by atoms with Crippen LogP contribution in [0.5, 0.6) is 0 Å². The Kier molecular flexibility index (Phi) is 128. The first-order valence-corrected chi connectivity index (χ1v) is 45.7. The van der Waals surface area contributed by atoms with Crippen LogP contribution in [0.1, 0.15) is 548 Å². The predicted octanol–water partition coefficient (Wildman–Crippen LogP) is 24.6. The van der Waals surface area contributed by atoms with E-state index in [1.807, 2.05) is 0 Å². The summed E-state index contributed by atoms with van der Waals surface area (Å²) in [7, 11) is 0. The van der Waals surface area contributed by atoms with Gasteiger partial charge in [-0.05, 0) is 32.1 Å². The molecule has 17 heteroatoms. The van der Waals surface area contributed by atoms with Gasteiger partial charge in [-0.3, -0.25) is 24.0 Å². The number of hydrogen-bond acceptors (Lipinski definition) is 15. The van der Waals surface area contributed by atoms with E-state index in [9.17, 15) is 50.3 Å². The fourth-order valence-electron chi connectivity index (χ4n) is 13.4. The van der Waals surface area contributed by atoms with Crippen LogP contribution in [0.4, 0.5) is 0 Å². The summed E-state index contributed by atoms with van der Waals surface area (Å²) in [5.41, 5.74) is 0. The maximum absolute atomic E-state index is 10.6. The first-order chi connectivity index (χ1) is 51.5. The summed E-state index contributed by atoms with van der Waals surface area (Å²) in [6, 6.07) is 0. The molecule has 0 aromatic heterocycles. The molecule has 0 fully saturated rings. The molecule has 0 N–H and O–H groups in total. The number of rotatable bonds is 80. The first kappa shape index (κ1) is 119. The molecule has 0 bridgehead atoms. The molecule has 0 atom stereocenters. The summed E-state index contributed by atoms with van der Waals surface area (Å²) in [4.78, 5) is 70.0. The molecule has 630 valence electrons. The van der Waals surface area contributed by atoms with Gasteiger partial charge in [-0.15, -0.1) is 0 Å². The Morgan fingerprint density at radius 3 is 0.280 bits per heavy atom. The SMILES string of the molecule is CCCCCCCCCCCCCCCCCC(=O)O[O-].CCCCCCCCCCCCCCCCCC(=O)O[O-].CCCCCCCCCCCCCCCCCC(=O)O[O-].CCCCCCCCCCCCCCCCCC(=O)O[O-].CCCCCCCCCCCCCCCCCC(=O)O[O-].[Al+3].[Mg+2]. The zero-order valence-corrected chi connectivity index (χ0v) is 74.0. The van der Waals surface area contributed by atoms with Crippen molar-refractivity contribution < 1.29 is 74.7 Å². The minimum atomic E-state index is -0.621. The van der Waals surface area contributed by atoms with Crippen LogP contribution >= 0.6 is 0 Å². The summed E-state index contributed by atoms with van der Waals surface area (Å²) >= 11 is 0. The Bertz CT molecular complexity index is 1370. The van der Waals surface area contributed by atoms with Crippen LogP contribution in [0.2, 0.25) is 0 Å². The van der Waals surface area contributed by atoms with Crippen LogP contribution in [0.3, 0.4) is 0 Å². The molecule has 0 unspecified atom stereocenters. The van der Waals surface area contributed by atoms with Gasteiger partial charge in [0.1, 0.15) is 0 Å². The van der Waals surface area contributed by atoms with Gasteiger partial charge in [-0.25, -0.2) is 0 Å². The van der Waals surface area contributed by atoms with Gasteiger partial charge in [0.25, 0.3) is 29.8 Å². The Labute approximate surface area is 688 Å². The summed E-state index contributed by atoms with van der Waals surface area (Å²) in [6.45, 7) is 11.3. The van der Waals surface area contributed by atoms with Gasteiger partial charge in [0, 0.05) is 32.1 Å². The monoisotopic (exact) mass is 1550 g/mol. The Morgan fingerprint density at radius 2 is 0.215 bits per heavy atom. The van der Waals surface area contributed by atoms with Crippen molar-refractivity contribution in [3.8, 4) is 0 Å². The van der Waals surface area contributed by atoms with Crippen LogP contribution in [-0.2, 0) is 48.4 Å². The van der Waals surface area contributed by atoms with Crippen LogP contribution < -0.4 is 26.3 Å². The Morgan fingerprint density at radius 1 is 0.150 bits per heavy atom. The molecule has 0 aromatic rings. The summed E-state index contributed by atoms with van der Waals surface area (Å²) in [5, 5.41) is 48.8. The van der Waals surface area contributed by atoms with Crippen molar-refractivity contribution in [2.75, 3.05) is 0 Å². The molecule has 0 saturated heterocycles. The maximum atomic E-state index is 10.6. The van der Waals surface area contributed by atoms with E-state index in [1.165, 1.54) is 417 Å². The Hall–Kier alpha value is -1.55. The van der Waals surface area contributed by atoms with E-state index in [0.717, 1.165) is 64.2 Å². The molecular weight excluding hydrogens is 1370 g/mol. The van der Waals surface area contributed by atoms with Crippen molar-refractivity contribution in [3.05, 3.63) is 0 Å². The van der Waals surface area contributed by atoms with Crippen molar-refractivity contribution in [1.82, 2.24) is 0 Å². The summed E-state index contributed by atoms with van der Waals surface area (Å²) in [5.74, 6) is -3.10. The van der Waals surface area contributed by atoms with Crippen LogP contribution in [0, 0.1) is 0 Å². The minimum Gasteiger partial charge on any atom is -0.662 e. The van der Waals surface area contributed by atoms with E-state index in [1.54, 1.807) is 0 Å². The van der Waals surface area contributed by atoms with Crippen molar-refractivity contribution >= 4 is 70.3 Å². The van der Waals surface area contributed by atoms with E-state index < -0.39 is 29.8 Å². The third kappa shape index (κ3) is 126. The van der Waals surface area contributed by atoms with Gasteiger partial charge in [-0.1, -0.05) is 484 Å². The maximum Gasteiger partial charge on any atom is 3.00 e. The number of carbonyl (C=O) groups excluding carboxylic acids is 5. The van der Waals surface area contributed by atoms with E-state index in [-0.39, 0.29) is 72.5 Å². The molecule has 0 aromatic carbocycles. The molecule has 0 amide bonds. The predicted molar refractivity (Wildman–Crippen MR) is 440 cm³/mol. The number of unbranched alkanes of at least 4 members (excludes halogenated alkanes) is 70. The molecular formula is C90H175AlMgO15. The van der Waals surface area contributed by atoms with Crippen molar-refractivity contribution in [3.63, 3.8) is 0 Å². The molecule has 0 spiro atoms. The second-order valence-corrected chi connectivity index (χ2v) is 30.8. The molecule has 0 heterocycles. The van der Waals surface area contributed by atoms with Crippen LogP contribution in [-0.4, -0.2) is 70.3 Å². The fraction of sp³-hybridized carbons (Fsp3) is 0.944. The van der Waals surface area contributed by atoms with Gasteiger partial charge in [0.05, 0.1) is 0 Å². The second-order valence-electron chi connectivity index (χ2n) is 30.8. The molecule has 0 radical (unpaired) electrons. The zero-order chi connectivity index (χ0) is 78.0. The molecule has 107 heavy (non-hydrogen) atoms. The molecule has 0 aliphatic heterocycles. The van der Waals surface area contributed by atoms with Gasteiger partial charge in [0.2, 0.25) is 0 Å². The van der Waals surface area contributed by atoms with E-state index >= 15 is 0 Å². The van der Waals surface area contributed by atoms with Gasteiger partial charge in [-0.2, -0.15) is 0 Å². The normalized spacial score (nSPS) is 10.6. The van der Waals surface area contributed by atoms with Crippen molar-refractivity contribution in [2.24, 2.45) is 0 Å². The third-order valence-electron chi connectivity index (χ3n) is 20.4. The van der Waals surface area contributed by atoms with E-state index in [0.29, 0.717) is 0 Å². The molecule has 0 saturated carbocycles. The fourth-order valence-corrected chi connectivity index (χ4v) is 13.4. The van der Waals surface area contributed by atoms with Gasteiger partial charge < -0.3 is 50.7 Å². The quantitative estimate of drug-likeness (QED) is 0.0238. The second kappa shape index (κ2) is 115. The van der Waals surface area contributed by atoms with Crippen molar-refractivity contribution in [2.45, 2.75) is 548 Å². The third-order valence-corrected chi connectivity index (χ3v) is 20.4. The topological polar surface area (TPSA) is 247 Å². The number of carbonyl (C=O) groups is 5. The summed E-state index contributed by atoms with van der Waals surface area (Å²) in [6.07, 6.45) is 98.9. The number of hydrogen-bond donors (Lipinski definition) is 0. The Balaban J connectivity index is -0.000000233. The van der Waals surface area contributed by atoms with Crippen LogP contribution in [0.15, 0.2) is 0 Å². The van der Waals surface area contributed by atoms with Gasteiger partial charge >= 0.3 is 40.4 Å². The largest absolute Gasteiger partial charge is 3.00 e. The van der Waals surface area contributed by atoms with E-state index in [4.69, 9.17) is 0 Å². The van der Waals surface area contributed by atoms with E-state index in [2.05, 4.69) is 59.1 Å². The first-order valence-electron chi connectivity index (χ1n) is 45.7.